The van der Waals surface area contributed by atoms with Gasteiger partial charge in [-0.1, -0.05) is 13.0 Å². The number of fused-ring (bicyclic) bond motifs is 1. The van der Waals surface area contributed by atoms with Crippen LogP contribution in [0.2, 0.25) is 0 Å². The number of rotatable bonds is 9. The van der Waals surface area contributed by atoms with Crippen molar-refractivity contribution in [1.29, 1.82) is 0 Å². The monoisotopic (exact) mass is 547 g/mol. The van der Waals surface area contributed by atoms with Crippen molar-refractivity contribution < 1.29 is 40.6 Å². The molecule has 1 atom stereocenters. The van der Waals surface area contributed by atoms with E-state index in [1.54, 1.807) is 6.92 Å². The maximum Gasteiger partial charge on any atom is 0.433 e. The predicted octanol–water partition coefficient (Wildman–Crippen LogP) is 4.74. The molecule has 2 heterocycles. The van der Waals surface area contributed by atoms with Crippen LogP contribution >= 0.6 is 0 Å². The Morgan fingerprint density at radius 2 is 1.92 bits per heavy atom. The summed E-state index contributed by atoms with van der Waals surface area (Å²) in [6.07, 6.45) is -4.69. The molecule has 4 aromatic rings. The lowest BCUT2D eigenvalue weighted by Crippen LogP contribution is -2.26. The number of nitrogens with one attached hydrogen (secondary N) is 1. The smallest absolute Gasteiger partial charge is 0.433 e. The molecule has 39 heavy (non-hydrogen) atoms. The van der Waals surface area contributed by atoms with Gasteiger partial charge in [-0.25, -0.2) is 18.7 Å². The first kappa shape index (κ1) is 28.0. The van der Waals surface area contributed by atoms with Crippen molar-refractivity contribution in [2.24, 2.45) is 5.73 Å². The molecule has 0 fully saturated rings. The molecule has 203 valence electrons. The van der Waals surface area contributed by atoms with Crippen LogP contribution in [0.1, 0.15) is 40.2 Å². The summed E-state index contributed by atoms with van der Waals surface area (Å²) in [5.41, 5.74) is 4.27. The molecule has 0 unspecified atom stereocenters. The molecule has 0 saturated carbocycles. The van der Waals surface area contributed by atoms with Gasteiger partial charge in [-0.05, 0) is 30.3 Å². The largest absolute Gasteiger partial charge is 0.494 e. The van der Waals surface area contributed by atoms with E-state index in [1.165, 1.54) is 38.9 Å². The first-order valence-corrected chi connectivity index (χ1v) is 11.5. The Balaban J connectivity index is 1.76. The van der Waals surface area contributed by atoms with E-state index in [0.717, 1.165) is 12.1 Å². The Labute approximate surface area is 219 Å². The summed E-state index contributed by atoms with van der Waals surface area (Å²) in [6.45, 7) is 1.21. The Kier molecular flexibility index (Phi) is 8.16. The van der Waals surface area contributed by atoms with E-state index in [-0.39, 0.29) is 58.4 Å². The van der Waals surface area contributed by atoms with Crippen LogP contribution in [-0.2, 0) is 17.4 Å². The van der Waals surface area contributed by atoms with E-state index in [4.69, 9.17) is 19.5 Å². The molecule has 0 aliphatic heterocycles. The Bertz CT molecular complexity index is 1510. The lowest BCUT2D eigenvalue weighted by Gasteiger charge is -2.11. The van der Waals surface area contributed by atoms with Gasteiger partial charge in [-0.2, -0.15) is 13.2 Å². The van der Waals surface area contributed by atoms with Crippen LogP contribution in [0.25, 0.3) is 22.4 Å². The van der Waals surface area contributed by atoms with Gasteiger partial charge in [0.1, 0.15) is 34.4 Å². The number of methoxy groups -OCH3 is 1. The number of oxazole rings is 1. The van der Waals surface area contributed by atoms with Crippen molar-refractivity contribution in [3.63, 3.8) is 0 Å². The number of alkyl halides is 3. The minimum absolute atomic E-state index is 0.0359. The highest BCUT2D eigenvalue weighted by Gasteiger charge is 2.33. The third-order valence-electron chi connectivity index (χ3n) is 5.69. The molecule has 1 radical (unpaired) electrons. The summed E-state index contributed by atoms with van der Waals surface area (Å²) in [6, 6.07) is 7.86. The second kappa shape index (κ2) is 11.4. The van der Waals surface area contributed by atoms with Crippen molar-refractivity contribution in [3.05, 3.63) is 76.8 Å². The summed E-state index contributed by atoms with van der Waals surface area (Å²) in [7, 11) is 2.62. The molecule has 0 aliphatic carbocycles. The average Bonchev–Trinajstić information content (AvgIpc) is 3.35. The molecule has 2 aromatic carbocycles. The number of halogens is 5. The standard InChI is InChI=1S/C25H21BF5N4O4/c1-12(26-38-11-32)22-21(23(36)33-10-13-3-4-14(27)9-17(13)28)35-24(39-22)16-5-7-18(37-2)20-15(16)6-8-19(34-20)25(29,30)31/h3-9,12H,10-11,32H2,1-2H3,(H,33,36)/t12-/m0/s1. The van der Waals surface area contributed by atoms with Crippen molar-refractivity contribution in [2.75, 3.05) is 13.8 Å². The maximum absolute atomic E-state index is 14.0. The van der Waals surface area contributed by atoms with Crippen molar-refractivity contribution in [1.82, 2.24) is 15.3 Å². The molecule has 0 bridgehead atoms. The number of nitrogens with zero attached hydrogens (tertiary/aromatic N) is 2. The number of carbonyl (C=O) groups excluding carboxylic acids is 1. The van der Waals surface area contributed by atoms with E-state index < -0.39 is 35.2 Å². The summed E-state index contributed by atoms with van der Waals surface area (Å²) < 4.78 is 83.4. The highest BCUT2D eigenvalue weighted by atomic mass is 19.4. The highest BCUT2D eigenvalue weighted by molar-refractivity contribution is 6.29. The van der Waals surface area contributed by atoms with Crippen LogP contribution in [0.4, 0.5) is 22.0 Å². The summed E-state index contributed by atoms with van der Waals surface area (Å²) in [5, 5.41) is 2.74. The van der Waals surface area contributed by atoms with E-state index in [2.05, 4.69) is 15.3 Å². The third-order valence-corrected chi connectivity index (χ3v) is 5.69. The minimum Gasteiger partial charge on any atom is -0.494 e. The number of amides is 1. The molecular weight excluding hydrogens is 526 g/mol. The van der Waals surface area contributed by atoms with Crippen molar-refractivity contribution in [2.45, 2.75) is 25.5 Å². The van der Waals surface area contributed by atoms with Gasteiger partial charge in [0.2, 0.25) is 5.89 Å². The van der Waals surface area contributed by atoms with Crippen LogP contribution < -0.4 is 15.8 Å². The van der Waals surface area contributed by atoms with Crippen LogP contribution in [0.5, 0.6) is 5.75 Å². The Hall–Kier alpha value is -4.04. The number of carbonyl (C=O) groups is 1. The Morgan fingerprint density at radius 3 is 2.59 bits per heavy atom. The lowest BCUT2D eigenvalue weighted by molar-refractivity contribution is -0.140. The molecule has 0 spiro atoms. The second-order valence-electron chi connectivity index (χ2n) is 8.31. The minimum atomic E-state index is -4.69. The van der Waals surface area contributed by atoms with E-state index in [9.17, 15) is 26.7 Å². The second-order valence-corrected chi connectivity index (χ2v) is 8.31. The van der Waals surface area contributed by atoms with Gasteiger partial charge in [0, 0.05) is 34.9 Å². The number of nitrogens with two attached hydrogens (primary N) is 1. The molecular formula is C25H21BF5N4O4. The van der Waals surface area contributed by atoms with Gasteiger partial charge in [0.05, 0.1) is 13.8 Å². The molecule has 3 N–H and O–H groups in total. The fraction of sp³-hybridized carbons (Fsp3) is 0.240. The van der Waals surface area contributed by atoms with Gasteiger partial charge in [-0.3, -0.25) is 4.79 Å². The normalized spacial score (nSPS) is 12.4. The van der Waals surface area contributed by atoms with Gasteiger partial charge in [0.25, 0.3) is 5.91 Å². The average molecular weight is 547 g/mol. The molecule has 0 saturated heterocycles. The zero-order valence-corrected chi connectivity index (χ0v) is 20.6. The van der Waals surface area contributed by atoms with E-state index in [0.29, 0.717) is 6.07 Å². The molecule has 14 heteroatoms. The van der Waals surface area contributed by atoms with Crippen LogP contribution in [0.3, 0.4) is 0 Å². The van der Waals surface area contributed by atoms with Crippen molar-refractivity contribution >= 4 is 24.3 Å². The highest BCUT2D eigenvalue weighted by Crippen LogP contribution is 2.37. The molecule has 8 nitrogen and oxygen atoms in total. The van der Waals surface area contributed by atoms with Gasteiger partial charge < -0.3 is 24.9 Å². The van der Waals surface area contributed by atoms with Gasteiger partial charge in [-0.15, -0.1) is 0 Å². The topological polar surface area (TPSA) is 112 Å². The molecule has 1 amide bonds. The number of hydrogen-bond donors (Lipinski definition) is 2. The van der Waals surface area contributed by atoms with Gasteiger partial charge in [0.15, 0.2) is 5.69 Å². The zero-order valence-electron chi connectivity index (χ0n) is 20.6. The summed E-state index contributed by atoms with van der Waals surface area (Å²) in [4.78, 5) is 21.1. The first-order chi connectivity index (χ1) is 18.5. The van der Waals surface area contributed by atoms with Crippen LogP contribution in [0, 0.1) is 11.6 Å². The number of benzene rings is 2. The predicted molar refractivity (Wildman–Crippen MR) is 131 cm³/mol. The Morgan fingerprint density at radius 1 is 1.15 bits per heavy atom. The number of pyridine rings is 1. The maximum atomic E-state index is 14.0. The number of ether oxygens (including phenoxy) is 1. The number of aromatic nitrogens is 2. The lowest BCUT2D eigenvalue weighted by atomic mass is 9.79. The third kappa shape index (κ3) is 6.01. The zero-order chi connectivity index (χ0) is 28.3. The summed E-state index contributed by atoms with van der Waals surface area (Å²) >= 11 is 0. The first-order valence-electron chi connectivity index (χ1n) is 11.5. The fourth-order valence-electron chi connectivity index (χ4n) is 3.81. The number of hydrogen-bond acceptors (Lipinski definition) is 7. The van der Waals surface area contributed by atoms with E-state index in [1.807, 2.05) is 0 Å². The SMILES string of the molecule is COc1ccc(-c2nc(C(=O)NCc3ccc(F)cc3F)c([C@H](C)[B]OCN)o2)c2ccc(C(F)(F)F)nc12. The molecule has 2 aromatic heterocycles. The quantitative estimate of drug-likeness (QED) is 0.177. The van der Waals surface area contributed by atoms with Crippen molar-refractivity contribution in [3.8, 4) is 17.2 Å². The molecule has 0 aliphatic rings. The van der Waals surface area contributed by atoms with E-state index >= 15 is 0 Å². The van der Waals surface area contributed by atoms with Crippen LogP contribution in [-0.4, -0.2) is 37.2 Å². The molecule has 4 rings (SSSR count). The van der Waals surface area contributed by atoms with Crippen LogP contribution in [0.15, 0.2) is 46.9 Å². The summed E-state index contributed by atoms with van der Waals surface area (Å²) in [5.74, 6) is -2.94. The fourth-order valence-corrected chi connectivity index (χ4v) is 3.81. The van der Waals surface area contributed by atoms with Gasteiger partial charge >= 0.3 is 13.7 Å².